The Balaban J connectivity index is 2.42. The third kappa shape index (κ3) is 2.00. The minimum atomic E-state index is 1.18. The molecular formula is C12H9Se-. The van der Waals surface area contributed by atoms with Gasteiger partial charge in [0.05, 0.1) is 0 Å². The van der Waals surface area contributed by atoms with Gasteiger partial charge in [-0.25, -0.2) is 0 Å². The van der Waals surface area contributed by atoms with E-state index in [1.807, 2.05) is 6.07 Å². The molecule has 0 aromatic heterocycles. The molecule has 0 aliphatic heterocycles. The molecule has 0 fully saturated rings. The summed E-state index contributed by atoms with van der Waals surface area (Å²) in [7, 11) is 0. The Bertz CT molecular complexity index is 376. The molecule has 0 nitrogen and oxygen atoms in total. The fourth-order valence-corrected chi connectivity index (χ4v) is 1.56. The van der Waals surface area contributed by atoms with Crippen molar-refractivity contribution >= 4 is 20.5 Å². The van der Waals surface area contributed by atoms with E-state index >= 15 is 0 Å². The maximum absolute atomic E-state index is 2.98. The molecule has 0 bridgehead atoms. The van der Waals surface area contributed by atoms with Crippen LogP contribution in [0.1, 0.15) is 0 Å². The summed E-state index contributed by atoms with van der Waals surface area (Å²) in [6, 6.07) is 18.8. The molecule has 0 aliphatic rings. The predicted octanol–water partition coefficient (Wildman–Crippen LogP) is 2.15. The van der Waals surface area contributed by atoms with Crippen molar-refractivity contribution in [2.24, 2.45) is 0 Å². The summed E-state index contributed by atoms with van der Waals surface area (Å²) in [5, 5.41) is 0. The first-order valence-electron chi connectivity index (χ1n) is 4.19. The summed E-state index contributed by atoms with van der Waals surface area (Å²) >= 11 is 2.98. The fraction of sp³-hybridized carbons (Fsp3) is 0. The zero-order valence-electron chi connectivity index (χ0n) is 7.10. The molecule has 0 N–H and O–H groups in total. The molecule has 2 aromatic carbocycles. The Hall–Kier alpha value is -1.04. The fourth-order valence-electron chi connectivity index (χ4n) is 1.28. The second-order valence-electron chi connectivity index (χ2n) is 2.89. The molecule has 64 valence electrons. The second kappa shape index (κ2) is 3.78. The molecular weight excluding hydrogens is 223 g/mol. The average Bonchev–Trinajstić information content (AvgIpc) is 2.20. The Morgan fingerprint density at radius 1 is 0.615 bits per heavy atom. The minimum absolute atomic E-state index is 1.18. The predicted molar refractivity (Wildman–Crippen MR) is 57.3 cm³/mol. The molecule has 2 aromatic rings. The molecule has 1 heteroatoms. The van der Waals surface area contributed by atoms with Crippen molar-refractivity contribution in [1.82, 2.24) is 0 Å². The molecule has 0 amide bonds. The van der Waals surface area contributed by atoms with Gasteiger partial charge in [0.25, 0.3) is 0 Å². The van der Waals surface area contributed by atoms with Crippen molar-refractivity contribution < 1.29 is 0 Å². The van der Waals surface area contributed by atoms with Crippen molar-refractivity contribution in [3.63, 3.8) is 0 Å². The van der Waals surface area contributed by atoms with Crippen LogP contribution in [0.25, 0.3) is 11.1 Å². The van der Waals surface area contributed by atoms with E-state index < -0.39 is 0 Å². The van der Waals surface area contributed by atoms with Gasteiger partial charge in [-0.2, -0.15) is 0 Å². The maximum atomic E-state index is 2.98. The van der Waals surface area contributed by atoms with Gasteiger partial charge in [-0.3, -0.25) is 0 Å². The normalized spacial score (nSPS) is 9.85. The zero-order valence-corrected chi connectivity index (χ0v) is 8.82. The Morgan fingerprint density at radius 3 is 1.77 bits per heavy atom. The Morgan fingerprint density at radius 2 is 1.15 bits per heavy atom. The van der Waals surface area contributed by atoms with Gasteiger partial charge in [-0.05, 0) is 0 Å². The molecule has 0 radical (unpaired) electrons. The molecule has 0 saturated carbocycles. The second-order valence-corrected chi connectivity index (χ2v) is 3.88. The molecule has 2 rings (SSSR count). The van der Waals surface area contributed by atoms with Crippen LogP contribution in [-0.4, -0.2) is 16.0 Å². The van der Waals surface area contributed by atoms with Crippen molar-refractivity contribution in [2.75, 3.05) is 0 Å². The van der Waals surface area contributed by atoms with E-state index in [9.17, 15) is 0 Å². The van der Waals surface area contributed by atoms with Gasteiger partial charge >= 0.3 is 86.2 Å². The van der Waals surface area contributed by atoms with Crippen LogP contribution in [0.4, 0.5) is 0 Å². The SMILES string of the molecule is [Se-]c1ccc(-c2ccccc2)cc1. The standard InChI is InChI=1S/C12H10Se/c13-12-8-6-11(7-9-12)10-4-2-1-3-5-10/h1-9,13H/p-1. The van der Waals surface area contributed by atoms with E-state index in [-0.39, 0.29) is 0 Å². The number of hydrogen-bond donors (Lipinski definition) is 0. The molecule has 13 heavy (non-hydrogen) atoms. The average molecular weight is 232 g/mol. The topological polar surface area (TPSA) is 0 Å². The first-order chi connectivity index (χ1) is 6.36. The van der Waals surface area contributed by atoms with E-state index in [0.29, 0.717) is 0 Å². The first-order valence-corrected chi connectivity index (χ1v) is 5.04. The summed E-state index contributed by atoms with van der Waals surface area (Å²) in [5.74, 6) is 0. The Labute approximate surface area is 86.4 Å². The quantitative estimate of drug-likeness (QED) is 0.661. The molecule has 0 atom stereocenters. The van der Waals surface area contributed by atoms with E-state index in [1.165, 1.54) is 15.6 Å². The van der Waals surface area contributed by atoms with Gasteiger partial charge in [0.1, 0.15) is 0 Å². The number of rotatable bonds is 1. The van der Waals surface area contributed by atoms with Gasteiger partial charge in [0, 0.05) is 0 Å². The molecule has 0 saturated heterocycles. The van der Waals surface area contributed by atoms with Crippen molar-refractivity contribution in [3.05, 3.63) is 54.6 Å². The molecule has 0 heterocycles. The van der Waals surface area contributed by atoms with Gasteiger partial charge in [-0.1, -0.05) is 0 Å². The van der Waals surface area contributed by atoms with Crippen LogP contribution in [0.5, 0.6) is 0 Å². The van der Waals surface area contributed by atoms with Crippen LogP contribution in [0.15, 0.2) is 54.6 Å². The van der Waals surface area contributed by atoms with Crippen LogP contribution in [-0.2, 0) is 0 Å². The Kier molecular flexibility index (Phi) is 2.49. The van der Waals surface area contributed by atoms with E-state index in [0.717, 1.165) is 0 Å². The summed E-state index contributed by atoms with van der Waals surface area (Å²) < 4.78 is 1.18. The van der Waals surface area contributed by atoms with Crippen LogP contribution < -0.4 is 4.46 Å². The van der Waals surface area contributed by atoms with E-state index in [4.69, 9.17) is 0 Å². The van der Waals surface area contributed by atoms with Crippen LogP contribution in [0.2, 0.25) is 0 Å². The summed E-state index contributed by atoms with van der Waals surface area (Å²) in [6.45, 7) is 0. The van der Waals surface area contributed by atoms with Gasteiger partial charge in [0.15, 0.2) is 0 Å². The van der Waals surface area contributed by atoms with Gasteiger partial charge in [-0.15, -0.1) is 0 Å². The summed E-state index contributed by atoms with van der Waals surface area (Å²) in [5.41, 5.74) is 2.53. The third-order valence-corrected chi connectivity index (χ3v) is 2.53. The third-order valence-electron chi connectivity index (χ3n) is 1.96. The van der Waals surface area contributed by atoms with Crippen molar-refractivity contribution in [1.29, 1.82) is 0 Å². The monoisotopic (exact) mass is 233 g/mol. The van der Waals surface area contributed by atoms with Crippen LogP contribution >= 0.6 is 0 Å². The van der Waals surface area contributed by atoms with Crippen molar-refractivity contribution in [2.45, 2.75) is 0 Å². The molecule has 0 aliphatic carbocycles. The zero-order chi connectivity index (χ0) is 9.10. The summed E-state index contributed by atoms with van der Waals surface area (Å²) in [4.78, 5) is 0. The van der Waals surface area contributed by atoms with E-state index in [2.05, 4.69) is 64.5 Å². The van der Waals surface area contributed by atoms with Crippen LogP contribution in [0, 0.1) is 0 Å². The molecule has 0 unspecified atom stereocenters. The van der Waals surface area contributed by atoms with Gasteiger partial charge < -0.3 is 0 Å². The van der Waals surface area contributed by atoms with Crippen LogP contribution in [0.3, 0.4) is 0 Å². The first kappa shape index (κ1) is 8.55. The summed E-state index contributed by atoms with van der Waals surface area (Å²) in [6.07, 6.45) is 0. The van der Waals surface area contributed by atoms with E-state index in [1.54, 1.807) is 0 Å². The molecule has 0 spiro atoms. The van der Waals surface area contributed by atoms with Crippen molar-refractivity contribution in [3.8, 4) is 11.1 Å². The van der Waals surface area contributed by atoms with Gasteiger partial charge in [0.2, 0.25) is 0 Å². The number of hydrogen-bond acceptors (Lipinski definition) is 0. The number of benzene rings is 2.